The van der Waals surface area contributed by atoms with Gasteiger partial charge in [0.05, 0.1) is 6.04 Å². The largest absolute Gasteiger partial charge is 0.272 e. The quantitative estimate of drug-likeness (QED) is 0.750. The van der Waals surface area contributed by atoms with Gasteiger partial charge in [0.15, 0.2) is 0 Å². The molecule has 7 atom stereocenters. The van der Waals surface area contributed by atoms with Gasteiger partial charge in [0, 0.05) is 0 Å². The molecule has 4 aliphatic carbocycles. The Morgan fingerprint density at radius 3 is 2.59 bits per heavy atom. The molecule has 4 saturated carbocycles. The van der Waals surface area contributed by atoms with Crippen molar-refractivity contribution in [3.63, 3.8) is 0 Å². The zero-order valence-corrected chi connectivity index (χ0v) is 10.7. The maximum Gasteiger partial charge on any atom is 0.255 e. The highest BCUT2D eigenvalue weighted by molar-refractivity contribution is 5.86. The molecule has 3 nitrogen and oxygen atoms in total. The van der Waals surface area contributed by atoms with Gasteiger partial charge in [-0.15, -0.1) is 0 Å². The van der Waals surface area contributed by atoms with Gasteiger partial charge >= 0.3 is 0 Å². The van der Waals surface area contributed by atoms with Crippen molar-refractivity contribution >= 4 is 5.91 Å². The highest BCUT2D eigenvalue weighted by Gasteiger charge is 2.56. The first kappa shape index (κ1) is 10.4. The number of hydrazine groups is 1. The van der Waals surface area contributed by atoms with Crippen molar-refractivity contribution in [1.82, 2.24) is 10.4 Å². The third-order valence-corrected chi connectivity index (χ3v) is 6.06. The summed E-state index contributed by atoms with van der Waals surface area (Å²) in [6, 6.07) is 0.573. The summed E-state index contributed by atoms with van der Waals surface area (Å²) in [5.74, 6) is 4.66. The predicted octanol–water partition coefficient (Wildman–Crippen LogP) is 1.79. The summed E-state index contributed by atoms with van der Waals surface area (Å²) in [5.41, 5.74) is 3.32. The van der Waals surface area contributed by atoms with E-state index in [1.807, 2.05) is 11.9 Å². The number of hydrogen-bond acceptors (Lipinski definition) is 2. The molecule has 1 N–H and O–H groups in total. The molecule has 0 aromatic rings. The Hall–Kier alpha value is -0.570. The van der Waals surface area contributed by atoms with Crippen LogP contribution in [0.4, 0.5) is 0 Å². The van der Waals surface area contributed by atoms with Crippen LogP contribution in [0.15, 0.2) is 0 Å². The predicted molar refractivity (Wildman–Crippen MR) is 64.8 cm³/mol. The molecular formula is C14H22N2O. The van der Waals surface area contributed by atoms with Crippen molar-refractivity contribution in [3.8, 4) is 0 Å². The monoisotopic (exact) mass is 234 g/mol. The number of nitrogens with one attached hydrogen (secondary N) is 1. The summed E-state index contributed by atoms with van der Waals surface area (Å²) in [6.07, 6.45) is 5.60. The fourth-order valence-corrected chi connectivity index (χ4v) is 5.29. The van der Waals surface area contributed by atoms with Crippen molar-refractivity contribution in [3.05, 3.63) is 0 Å². The minimum absolute atomic E-state index is 0.0579. The van der Waals surface area contributed by atoms with E-state index in [9.17, 15) is 4.79 Å². The van der Waals surface area contributed by atoms with Crippen LogP contribution in [0, 0.1) is 29.6 Å². The third kappa shape index (κ3) is 1.24. The SMILES string of the molecule is CC1NN(C2C3CC4CC(C3)C(C)C2C4)C1=O. The van der Waals surface area contributed by atoms with Gasteiger partial charge in [-0.2, -0.15) is 0 Å². The van der Waals surface area contributed by atoms with E-state index in [0.717, 1.165) is 29.6 Å². The zero-order valence-electron chi connectivity index (χ0n) is 10.7. The molecule has 1 aliphatic heterocycles. The van der Waals surface area contributed by atoms with Gasteiger partial charge in [-0.05, 0) is 62.2 Å². The number of amides is 1. The lowest BCUT2D eigenvalue weighted by atomic mass is 9.50. The van der Waals surface area contributed by atoms with Crippen molar-refractivity contribution in [2.45, 2.75) is 51.6 Å². The molecule has 1 saturated heterocycles. The molecule has 5 rings (SSSR count). The highest BCUT2D eigenvalue weighted by atomic mass is 16.2. The van der Waals surface area contributed by atoms with E-state index >= 15 is 0 Å². The molecule has 94 valence electrons. The first-order valence-electron chi connectivity index (χ1n) is 7.24. The fraction of sp³-hybridized carbons (Fsp3) is 0.929. The average Bonchev–Trinajstić information content (AvgIpc) is 2.33. The first-order chi connectivity index (χ1) is 8.15. The summed E-state index contributed by atoms with van der Waals surface area (Å²) in [5, 5.41) is 1.99. The molecule has 0 aromatic carbocycles. The normalized spacial score (nSPS) is 56.2. The van der Waals surface area contributed by atoms with Gasteiger partial charge in [0.1, 0.15) is 6.04 Å². The van der Waals surface area contributed by atoms with Crippen LogP contribution in [0.5, 0.6) is 0 Å². The van der Waals surface area contributed by atoms with Gasteiger partial charge in [-0.3, -0.25) is 9.80 Å². The minimum atomic E-state index is 0.0579. The Morgan fingerprint density at radius 1 is 1.12 bits per heavy atom. The van der Waals surface area contributed by atoms with Gasteiger partial charge < -0.3 is 0 Å². The number of hydrogen-bond donors (Lipinski definition) is 1. The molecule has 1 amide bonds. The highest BCUT2D eigenvalue weighted by Crippen LogP contribution is 2.57. The van der Waals surface area contributed by atoms with Crippen molar-refractivity contribution in [2.75, 3.05) is 0 Å². The molecule has 0 spiro atoms. The van der Waals surface area contributed by atoms with Crippen LogP contribution in [0.3, 0.4) is 0 Å². The Balaban J connectivity index is 1.62. The number of carbonyl (C=O) groups is 1. The van der Waals surface area contributed by atoms with Crippen LogP contribution in [-0.2, 0) is 4.79 Å². The van der Waals surface area contributed by atoms with Crippen molar-refractivity contribution in [2.24, 2.45) is 29.6 Å². The molecule has 1 heterocycles. The van der Waals surface area contributed by atoms with E-state index in [2.05, 4.69) is 12.3 Å². The summed E-state index contributed by atoms with van der Waals surface area (Å²) in [4.78, 5) is 12.0. The molecule has 4 bridgehead atoms. The summed E-state index contributed by atoms with van der Waals surface area (Å²) < 4.78 is 0. The standard InChI is InChI=1S/C14H22N2O/c1-7-10-3-9-4-11(6-10)13(12(7)5-9)16-14(17)8(2)15-16/h7-13,15H,3-6H2,1-2H3. The first-order valence-corrected chi connectivity index (χ1v) is 7.24. The third-order valence-electron chi connectivity index (χ3n) is 6.06. The Bertz CT molecular complexity index is 369. The van der Waals surface area contributed by atoms with E-state index in [4.69, 9.17) is 0 Å². The fourth-order valence-electron chi connectivity index (χ4n) is 5.29. The van der Waals surface area contributed by atoms with Gasteiger partial charge in [0.2, 0.25) is 0 Å². The molecule has 0 radical (unpaired) electrons. The Morgan fingerprint density at radius 2 is 1.88 bits per heavy atom. The minimum Gasteiger partial charge on any atom is -0.272 e. The topological polar surface area (TPSA) is 32.3 Å². The van der Waals surface area contributed by atoms with Gasteiger partial charge in [-0.1, -0.05) is 6.92 Å². The zero-order chi connectivity index (χ0) is 11.7. The molecule has 5 aliphatic rings. The second-order valence-electron chi connectivity index (χ2n) is 6.90. The second kappa shape index (κ2) is 3.25. The van der Waals surface area contributed by atoms with Crippen LogP contribution in [-0.4, -0.2) is 23.0 Å². The van der Waals surface area contributed by atoms with Crippen LogP contribution < -0.4 is 5.43 Å². The summed E-state index contributed by atoms with van der Waals surface area (Å²) in [6.45, 7) is 4.39. The van der Waals surface area contributed by atoms with Crippen LogP contribution >= 0.6 is 0 Å². The summed E-state index contributed by atoms with van der Waals surface area (Å²) in [7, 11) is 0. The van der Waals surface area contributed by atoms with Crippen molar-refractivity contribution in [1.29, 1.82) is 0 Å². The van der Waals surface area contributed by atoms with Gasteiger partial charge in [0.25, 0.3) is 5.91 Å². The van der Waals surface area contributed by atoms with Crippen LogP contribution in [0.2, 0.25) is 0 Å². The Kier molecular flexibility index (Phi) is 1.98. The molecule has 0 aromatic heterocycles. The maximum atomic E-state index is 12.0. The number of nitrogens with zero attached hydrogens (tertiary/aromatic N) is 1. The smallest absolute Gasteiger partial charge is 0.255 e. The molecule has 3 heteroatoms. The lowest BCUT2D eigenvalue weighted by molar-refractivity contribution is -0.178. The molecule has 5 fully saturated rings. The van der Waals surface area contributed by atoms with E-state index in [1.54, 1.807) is 0 Å². The lowest BCUT2D eigenvalue weighted by Crippen LogP contribution is -2.73. The molecular weight excluding hydrogens is 212 g/mol. The van der Waals surface area contributed by atoms with Crippen molar-refractivity contribution < 1.29 is 4.79 Å². The lowest BCUT2D eigenvalue weighted by Gasteiger charge is -2.61. The second-order valence-corrected chi connectivity index (χ2v) is 6.90. The number of carbonyl (C=O) groups excluding carboxylic acids is 1. The van der Waals surface area contributed by atoms with Crippen LogP contribution in [0.25, 0.3) is 0 Å². The Labute approximate surface area is 103 Å². The number of rotatable bonds is 1. The molecule has 7 unspecified atom stereocenters. The maximum absolute atomic E-state index is 12.0. The van der Waals surface area contributed by atoms with Gasteiger partial charge in [-0.25, -0.2) is 5.43 Å². The summed E-state index contributed by atoms with van der Waals surface area (Å²) >= 11 is 0. The average molecular weight is 234 g/mol. The van der Waals surface area contributed by atoms with E-state index in [-0.39, 0.29) is 6.04 Å². The van der Waals surface area contributed by atoms with E-state index in [1.165, 1.54) is 25.7 Å². The van der Waals surface area contributed by atoms with E-state index < -0.39 is 0 Å². The van der Waals surface area contributed by atoms with Crippen LogP contribution in [0.1, 0.15) is 39.5 Å². The molecule has 17 heavy (non-hydrogen) atoms. The van der Waals surface area contributed by atoms with E-state index in [0.29, 0.717) is 11.9 Å².